The molecule has 20 heavy (non-hydrogen) atoms. The molecule has 3 aromatic rings. The van der Waals surface area contributed by atoms with Crippen molar-refractivity contribution in [3.8, 4) is 22.4 Å². The van der Waals surface area contributed by atoms with Crippen LogP contribution in [0, 0.1) is 6.92 Å². The van der Waals surface area contributed by atoms with Crippen LogP contribution >= 0.6 is 11.6 Å². The van der Waals surface area contributed by atoms with Crippen LogP contribution in [0.15, 0.2) is 48.8 Å². The van der Waals surface area contributed by atoms with Crippen LogP contribution in [0.1, 0.15) is 5.69 Å². The first-order valence-corrected chi connectivity index (χ1v) is 6.74. The Morgan fingerprint density at radius 2 is 1.60 bits per heavy atom. The van der Waals surface area contributed by atoms with E-state index in [0.717, 1.165) is 33.1 Å². The van der Waals surface area contributed by atoms with Crippen molar-refractivity contribution >= 4 is 11.6 Å². The van der Waals surface area contributed by atoms with Crippen LogP contribution in [-0.2, 0) is 7.05 Å². The van der Waals surface area contributed by atoms with Crippen LogP contribution in [0.25, 0.3) is 22.4 Å². The van der Waals surface area contributed by atoms with Crippen LogP contribution in [0.5, 0.6) is 0 Å². The molecule has 0 aliphatic heterocycles. The monoisotopic (exact) mass is 283 g/mol. The Kier molecular flexibility index (Phi) is 3.28. The maximum Gasteiger partial charge on any atom is 0.0760 e. The molecule has 0 atom stereocenters. The highest BCUT2D eigenvalue weighted by molar-refractivity contribution is 6.30. The van der Waals surface area contributed by atoms with Gasteiger partial charge in [-0.25, -0.2) is 0 Å². The molecule has 0 aliphatic carbocycles. The largest absolute Gasteiger partial charge is 0.267 e. The molecule has 0 amide bonds. The lowest BCUT2D eigenvalue weighted by Gasteiger charge is -2.07. The highest BCUT2D eigenvalue weighted by atomic mass is 35.5. The number of aromatic nitrogens is 3. The Hall–Kier alpha value is -2.13. The average Bonchev–Trinajstić information content (AvgIpc) is 2.75. The van der Waals surface area contributed by atoms with Crippen molar-refractivity contribution in [2.24, 2.45) is 7.05 Å². The van der Waals surface area contributed by atoms with E-state index in [1.54, 1.807) is 12.4 Å². The van der Waals surface area contributed by atoms with Gasteiger partial charge in [0.2, 0.25) is 0 Å². The molecule has 0 N–H and O–H groups in total. The molecule has 1 aromatic carbocycles. The number of nitrogens with zero attached hydrogens (tertiary/aromatic N) is 3. The predicted octanol–water partition coefficient (Wildman–Crippen LogP) is 4.11. The van der Waals surface area contributed by atoms with Crippen molar-refractivity contribution in [3.63, 3.8) is 0 Å². The summed E-state index contributed by atoms with van der Waals surface area (Å²) in [6.45, 7) is 2.02. The fourth-order valence-corrected chi connectivity index (χ4v) is 2.59. The SMILES string of the molecule is Cc1nn(C)c(-c2ccc(Cl)cc2)c1-c1ccncc1. The number of hydrogen-bond donors (Lipinski definition) is 0. The lowest BCUT2D eigenvalue weighted by atomic mass is 10.00. The number of halogens is 1. The summed E-state index contributed by atoms with van der Waals surface area (Å²) in [7, 11) is 1.96. The molecule has 0 saturated heterocycles. The first kappa shape index (κ1) is 12.9. The minimum atomic E-state index is 0.734. The van der Waals surface area contributed by atoms with E-state index in [2.05, 4.69) is 10.1 Å². The second kappa shape index (κ2) is 5.10. The number of rotatable bonds is 2. The lowest BCUT2D eigenvalue weighted by molar-refractivity contribution is 0.764. The molecule has 0 bridgehead atoms. The van der Waals surface area contributed by atoms with Gasteiger partial charge in [-0.3, -0.25) is 9.67 Å². The van der Waals surface area contributed by atoms with Crippen molar-refractivity contribution in [2.45, 2.75) is 6.92 Å². The van der Waals surface area contributed by atoms with Crippen molar-refractivity contribution in [3.05, 3.63) is 59.5 Å². The minimum Gasteiger partial charge on any atom is -0.267 e. The first-order valence-electron chi connectivity index (χ1n) is 6.37. The molecule has 2 aromatic heterocycles. The molecule has 3 nitrogen and oxygen atoms in total. The van der Waals surface area contributed by atoms with E-state index in [0.29, 0.717) is 0 Å². The zero-order valence-corrected chi connectivity index (χ0v) is 12.1. The minimum absolute atomic E-state index is 0.734. The second-order valence-electron chi connectivity index (χ2n) is 4.68. The van der Waals surface area contributed by atoms with Crippen LogP contribution in [0.3, 0.4) is 0 Å². The van der Waals surface area contributed by atoms with Crippen LogP contribution in [-0.4, -0.2) is 14.8 Å². The summed E-state index contributed by atoms with van der Waals surface area (Å²) >= 11 is 5.97. The van der Waals surface area contributed by atoms with Crippen LogP contribution < -0.4 is 0 Å². The maximum atomic E-state index is 5.97. The Morgan fingerprint density at radius 3 is 2.25 bits per heavy atom. The third kappa shape index (κ3) is 2.21. The molecule has 0 saturated carbocycles. The average molecular weight is 284 g/mol. The molecule has 4 heteroatoms. The molecule has 0 fully saturated rings. The van der Waals surface area contributed by atoms with Crippen molar-refractivity contribution in [1.82, 2.24) is 14.8 Å². The van der Waals surface area contributed by atoms with Gasteiger partial charge < -0.3 is 0 Å². The van der Waals surface area contributed by atoms with E-state index in [1.165, 1.54) is 0 Å². The highest BCUT2D eigenvalue weighted by Crippen LogP contribution is 2.34. The lowest BCUT2D eigenvalue weighted by Crippen LogP contribution is -1.94. The van der Waals surface area contributed by atoms with Gasteiger partial charge in [-0.15, -0.1) is 0 Å². The van der Waals surface area contributed by atoms with Crippen molar-refractivity contribution in [2.75, 3.05) is 0 Å². The standard InChI is InChI=1S/C16H14ClN3/c1-11-15(12-7-9-18-10-8-12)16(20(2)19-11)13-3-5-14(17)6-4-13/h3-10H,1-2H3. The van der Waals surface area contributed by atoms with Gasteiger partial charge >= 0.3 is 0 Å². The van der Waals surface area contributed by atoms with Gasteiger partial charge in [-0.2, -0.15) is 5.10 Å². The molecule has 3 rings (SSSR count). The molecule has 2 heterocycles. The topological polar surface area (TPSA) is 30.7 Å². The van der Waals surface area contributed by atoms with Gasteiger partial charge in [0, 0.05) is 35.6 Å². The summed E-state index contributed by atoms with van der Waals surface area (Å²) in [5, 5.41) is 5.28. The van der Waals surface area contributed by atoms with Crippen LogP contribution in [0.4, 0.5) is 0 Å². The number of aryl methyl sites for hydroxylation is 2. The van der Waals surface area contributed by atoms with E-state index in [-0.39, 0.29) is 0 Å². The Morgan fingerprint density at radius 1 is 0.950 bits per heavy atom. The predicted molar refractivity (Wildman–Crippen MR) is 81.6 cm³/mol. The van der Waals surface area contributed by atoms with Crippen molar-refractivity contribution < 1.29 is 0 Å². The summed E-state index contributed by atoms with van der Waals surface area (Å²) in [6, 6.07) is 11.8. The van der Waals surface area contributed by atoms with Crippen molar-refractivity contribution in [1.29, 1.82) is 0 Å². The fraction of sp³-hybridized carbons (Fsp3) is 0.125. The molecule has 0 aliphatic rings. The first-order chi connectivity index (χ1) is 9.66. The Bertz CT molecular complexity index is 730. The molecule has 0 radical (unpaired) electrons. The Labute approximate surface area is 122 Å². The highest BCUT2D eigenvalue weighted by Gasteiger charge is 2.16. The summed E-state index contributed by atoms with van der Waals surface area (Å²) in [5.41, 5.74) is 5.45. The van der Waals surface area contributed by atoms with Gasteiger partial charge in [0.15, 0.2) is 0 Å². The summed E-state index contributed by atoms with van der Waals surface area (Å²) < 4.78 is 1.91. The van der Waals surface area contributed by atoms with E-state index in [1.807, 2.05) is 55.1 Å². The zero-order chi connectivity index (χ0) is 14.1. The Balaban J connectivity index is 2.23. The smallest absolute Gasteiger partial charge is 0.0760 e. The second-order valence-corrected chi connectivity index (χ2v) is 5.11. The van der Waals surface area contributed by atoms with Gasteiger partial charge in [0.1, 0.15) is 0 Å². The maximum absolute atomic E-state index is 5.97. The third-order valence-corrected chi connectivity index (χ3v) is 3.56. The van der Waals surface area contributed by atoms with Gasteiger partial charge in [0.25, 0.3) is 0 Å². The zero-order valence-electron chi connectivity index (χ0n) is 11.3. The summed E-state index contributed by atoms with van der Waals surface area (Å²) in [5.74, 6) is 0. The number of hydrogen-bond acceptors (Lipinski definition) is 2. The molecule has 0 unspecified atom stereocenters. The molecule has 0 spiro atoms. The molecule has 100 valence electrons. The fourth-order valence-electron chi connectivity index (χ4n) is 2.46. The normalized spacial score (nSPS) is 10.8. The van der Waals surface area contributed by atoms with E-state index >= 15 is 0 Å². The van der Waals surface area contributed by atoms with E-state index < -0.39 is 0 Å². The third-order valence-electron chi connectivity index (χ3n) is 3.31. The number of pyridine rings is 1. The quantitative estimate of drug-likeness (QED) is 0.708. The van der Waals surface area contributed by atoms with Gasteiger partial charge in [0.05, 0.1) is 11.4 Å². The molecular formula is C16H14ClN3. The number of benzene rings is 1. The molecular weight excluding hydrogens is 270 g/mol. The van der Waals surface area contributed by atoms with E-state index in [9.17, 15) is 0 Å². The summed E-state index contributed by atoms with van der Waals surface area (Å²) in [6.07, 6.45) is 3.60. The van der Waals surface area contributed by atoms with Gasteiger partial charge in [-0.1, -0.05) is 23.7 Å². The van der Waals surface area contributed by atoms with Gasteiger partial charge in [-0.05, 0) is 36.8 Å². The van der Waals surface area contributed by atoms with E-state index in [4.69, 9.17) is 11.6 Å². The summed E-state index contributed by atoms with van der Waals surface area (Å²) in [4.78, 5) is 4.08. The van der Waals surface area contributed by atoms with Crippen LogP contribution in [0.2, 0.25) is 5.02 Å².